The molecule has 0 radical (unpaired) electrons. The van der Waals surface area contributed by atoms with E-state index in [0.717, 1.165) is 6.54 Å². The van der Waals surface area contributed by atoms with Crippen molar-refractivity contribution in [3.8, 4) is 0 Å². The molecular formula is C12H18N2. The average molecular weight is 190 g/mol. The van der Waals surface area contributed by atoms with Crippen molar-refractivity contribution in [2.75, 3.05) is 17.2 Å². The molecule has 0 spiro atoms. The summed E-state index contributed by atoms with van der Waals surface area (Å²) >= 11 is 0. The van der Waals surface area contributed by atoms with E-state index in [1.807, 2.05) is 0 Å². The van der Waals surface area contributed by atoms with Gasteiger partial charge in [0.25, 0.3) is 0 Å². The Morgan fingerprint density at radius 3 is 3.07 bits per heavy atom. The van der Waals surface area contributed by atoms with Crippen molar-refractivity contribution in [1.29, 1.82) is 0 Å². The standard InChI is InChI=1S/C12H18N2/c1-3-5-10-8-13-11-7-4-6-9(2)12(11)14-10/h4,6-7,10,13-14H,3,5,8H2,1-2H3. The first-order valence-electron chi connectivity index (χ1n) is 5.41. The van der Waals surface area contributed by atoms with Crippen LogP contribution in [0.1, 0.15) is 25.3 Å². The number of anilines is 2. The number of para-hydroxylation sites is 1. The van der Waals surface area contributed by atoms with E-state index in [0.29, 0.717) is 6.04 Å². The minimum Gasteiger partial charge on any atom is -0.381 e. The molecule has 1 aromatic rings. The molecule has 0 bridgehead atoms. The lowest BCUT2D eigenvalue weighted by atomic mass is 10.1. The number of benzene rings is 1. The van der Waals surface area contributed by atoms with Gasteiger partial charge in [-0.05, 0) is 25.0 Å². The van der Waals surface area contributed by atoms with E-state index in [1.54, 1.807) is 0 Å². The molecular weight excluding hydrogens is 172 g/mol. The molecule has 0 saturated carbocycles. The van der Waals surface area contributed by atoms with Crippen molar-refractivity contribution >= 4 is 11.4 Å². The molecule has 2 nitrogen and oxygen atoms in total. The third kappa shape index (κ3) is 1.69. The van der Waals surface area contributed by atoms with Crippen LogP contribution in [0.3, 0.4) is 0 Å². The van der Waals surface area contributed by atoms with Gasteiger partial charge >= 0.3 is 0 Å². The second-order valence-electron chi connectivity index (χ2n) is 4.01. The van der Waals surface area contributed by atoms with Crippen LogP contribution in [-0.4, -0.2) is 12.6 Å². The molecule has 1 heterocycles. The van der Waals surface area contributed by atoms with Crippen LogP contribution in [0.25, 0.3) is 0 Å². The van der Waals surface area contributed by atoms with Gasteiger partial charge in [-0.3, -0.25) is 0 Å². The summed E-state index contributed by atoms with van der Waals surface area (Å²) in [5, 5.41) is 7.08. The van der Waals surface area contributed by atoms with E-state index in [4.69, 9.17) is 0 Å². The number of rotatable bonds is 2. The Morgan fingerprint density at radius 2 is 2.29 bits per heavy atom. The fraction of sp³-hybridized carbons (Fsp3) is 0.500. The molecule has 1 aliphatic heterocycles. The maximum Gasteiger partial charge on any atom is 0.0608 e. The minimum absolute atomic E-state index is 0.591. The molecule has 0 saturated heterocycles. The Hall–Kier alpha value is -1.18. The first kappa shape index (κ1) is 9.38. The third-order valence-electron chi connectivity index (χ3n) is 2.80. The highest BCUT2D eigenvalue weighted by Crippen LogP contribution is 2.29. The van der Waals surface area contributed by atoms with Gasteiger partial charge in [0.2, 0.25) is 0 Å². The van der Waals surface area contributed by atoms with E-state index in [9.17, 15) is 0 Å². The summed E-state index contributed by atoms with van der Waals surface area (Å²) in [6.07, 6.45) is 2.47. The fourth-order valence-electron chi connectivity index (χ4n) is 2.02. The highest BCUT2D eigenvalue weighted by atomic mass is 15.1. The van der Waals surface area contributed by atoms with Crippen LogP contribution >= 0.6 is 0 Å². The van der Waals surface area contributed by atoms with E-state index in [1.165, 1.54) is 29.8 Å². The molecule has 1 aliphatic rings. The highest BCUT2D eigenvalue weighted by molar-refractivity contribution is 5.74. The van der Waals surface area contributed by atoms with Gasteiger partial charge < -0.3 is 10.6 Å². The summed E-state index contributed by atoms with van der Waals surface area (Å²) < 4.78 is 0. The number of hydrogen-bond donors (Lipinski definition) is 2. The Labute approximate surface area is 85.7 Å². The summed E-state index contributed by atoms with van der Waals surface area (Å²) in [5.74, 6) is 0. The molecule has 1 aromatic carbocycles. The van der Waals surface area contributed by atoms with Gasteiger partial charge in [0, 0.05) is 12.6 Å². The van der Waals surface area contributed by atoms with Crippen LogP contribution in [0.2, 0.25) is 0 Å². The van der Waals surface area contributed by atoms with Gasteiger partial charge in [-0.2, -0.15) is 0 Å². The van der Waals surface area contributed by atoms with Crippen molar-refractivity contribution in [2.24, 2.45) is 0 Å². The van der Waals surface area contributed by atoms with E-state index < -0.39 is 0 Å². The van der Waals surface area contributed by atoms with Crippen LogP contribution in [0.15, 0.2) is 18.2 Å². The van der Waals surface area contributed by atoms with E-state index >= 15 is 0 Å². The second-order valence-corrected chi connectivity index (χ2v) is 4.01. The number of aryl methyl sites for hydroxylation is 1. The molecule has 0 aliphatic carbocycles. The maximum absolute atomic E-state index is 3.60. The summed E-state index contributed by atoms with van der Waals surface area (Å²) in [6, 6.07) is 6.98. The quantitative estimate of drug-likeness (QED) is 0.749. The zero-order valence-corrected chi connectivity index (χ0v) is 8.93. The molecule has 1 unspecified atom stereocenters. The highest BCUT2D eigenvalue weighted by Gasteiger charge is 2.16. The molecule has 76 valence electrons. The average Bonchev–Trinajstić information content (AvgIpc) is 2.20. The summed E-state index contributed by atoms with van der Waals surface area (Å²) in [6.45, 7) is 5.43. The third-order valence-corrected chi connectivity index (χ3v) is 2.80. The number of fused-ring (bicyclic) bond motifs is 1. The molecule has 1 atom stereocenters. The molecule has 0 amide bonds. The maximum atomic E-state index is 3.60. The second kappa shape index (κ2) is 3.91. The zero-order chi connectivity index (χ0) is 9.97. The summed E-state index contributed by atoms with van der Waals surface area (Å²) in [7, 11) is 0. The van der Waals surface area contributed by atoms with Crippen LogP contribution in [0, 0.1) is 6.92 Å². The summed E-state index contributed by atoms with van der Waals surface area (Å²) in [5.41, 5.74) is 3.87. The molecule has 2 rings (SSSR count). The molecule has 2 N–H and O–H groups in total. The van der Waals surface area contributed by atoms with Crippen molar-refractivity contribution < 1.29 is 0 Å². The first-order chi connectivity index (χ1) is 6.81. The van der Waals surface area contributed by atoms with Crippen LogP contribution in [-0.2, 0) is 0 Å². The van der Waals surface area contributed by atoms with E-state index in [-0.39, 0.29) is 0 Å². The van der Waals surface area contributed by atoms with Crippen LogP contribution in [0.5, 0.6) is 0 Å². The molecule has 2 heteroatoms. The van der Waals surface area contributed by atoms with E-state index in [2.05, 4.69) is 42.7 Å². The van der Waals surface area contributed by atoms with Gasteiger partial charge in [-0.1, -0.05) is 25.5 Å². The Kier molecular flexibility index (Phi) is 2.62. The lowest BCUT2D eigenvalue weighted by Crippen LogP contribution is -2.33. The number of nitrogens with one attached hydrogen (secondary N) is 2. The predicted octanol–water partition coefficient (Wildman–Crippen LogP) is 3.00. The zero-order valence-electron chi connectivity index (χ0n) is 8.93. The fourth-order valence-corrected chi connectivity index (χ4v) is 2.02. The Bertz CT molecular complexity index is 320. The van der Waals surface area contributed by atoms with Crippen LogP contribution in [0.4, 0.5) is 11.4 Å². The first-order valence-corrected chi connectivity index (χ1v) is 5.41. The smallest absolute Gasteiger partial charge is 0.0608 e. The van der Waals surface area contributed by atoms with Gasteiger partial charge in [0.15, 0.2) is 0 Å². The summed E-state index contributed by atoms with van der Waals surface area (Å²) in [4.78, 5) is 0. The van der Waals surface area contributed by atoms with Gasteiger partial charge in [-0.15, -0.1) is 0 Å². The Morgan fingerprint density at radius 1 is 1.43 bits per heavy atom. The molecule has 0 fully saturated rings. The monoisotopic (exact) mass is 190 g/mol. The normalized spacial score (nSPS) is 19.4. The molecule has 14 heavy (non-hydrogen) atoms. The molecule has 0 aromatic heterocycles. The largest absolute Gasteiger partial charge is 0.381 e. The number of hydrogen-bond acceptors (Lipinski definition) is 2. The van der Waals surface area contributed by atoms with Crippen molar-refractivity contribution in [1.82, 2.24) is 0 Å². The lowest BCUT2D eigenvalue weighted by molar-refractivity contribution is 0.655. The topological polar surface area (TPSA) is 24.1 Å². The van der Waals surface area contributed by atoms with Crippen molar-refractivity contribution in [3.63, 3.8) is 0 Å². The minimum atomic E-state index is 0.591. The van der Waals surface area contributed by atoms with Crippen LogP contribution < -0.4 is 10.6 Å². The lowest BCUT2D eigenvalue weighted by Gasteiger charge is -2.29. The van der Waals surface area contributed by atoms with Crippen molar-refractivity contribution in [3.05, 3.63) is 23.8 Å². The SMILES string of the molecule is CCCC1CNc2cccc(C)c2N1. The van der Waals surface area contributed by atoms with Gasteiger partial charge in [0.05, 0.1) is 11.4 Å². The predicted molar refractivity (Wildman–Crippen MR) is 62.0 cm³/mol. The van der Waals surface area contributed by atoms with Gasteiger partial charge in [0.1, 0.15) is 0 Å². The van der Waals surface area contributed by atoms with Gasteiger partial charge in [-0.25, -0.2) is 0 Å². The van der Waals surface area contributed by atoms with Crippen molar-refractivity contribution in [2.45, 2.75) is 32.7 Å². The Balaban J connectivity index is 2.20.